The maximum Gasteiger partial charge on any atom is 0.337 e. The molecule has 0 aliphatic rings. The van der Waals surface area contributed by atoms with E-state index in [9.17, 15) is 9.59 Å². The minimum absolute atomic E-state index is 0.0352. The molecule has 0 unspecified atom stereocenters. The van der Waals surface area contributed by atoms with Crippen molar-refractivity contribution in [3.8, 4) is 0 Å². The van der Waals surface area contributed by atoms with Crippen LogP contribution in [0.15, 0.2) is 24.3 Å². The molecule has 1 rings (SSSR count). The Hall–Kier alpha value is -1.88. The van der Waals surface area contributed by atoms with Gasteiger partial charge in [0.25, 0.3) is 0 Å². The number of methoxy groups -OCH3 is 1. The second kappa shape index (κ2) is 6.76. The van der Waals surface area contributed by atoms with Gasteiger partial charge in [-0.3, -0.25) is 4.79 Å². The van der Waals surface area contributed by atoms with Gasteiger partial charge in [-0.25, -0.2) is 4.79 Å². The van der Waals surface area contributed by atoms with Crippen LogP contribution in [-0.4, -0.2) is 39.0 Å². The van der Waals surface area contributed by atoms with Crippen LogP contribution in [0.5, 0.6) is 0 Å². The second-order valence-electron chi connectivity index (χ2n) is 3.95. The van der Waals surface area contributed by atoms with Gasteiger partial charge in [-0.15, -0.1) is 0 Å². The first-order valence-electron chi connectivity index (χ1n) is 5.69. The molecule has 0 radical (unpaired) electrons. The molecule has 0 aliphatic heterocycles. The van der Waals surface area contributed by atoms with Crippen LogP contribution in [0.2, 0.25) is 0 Å². The molecule has 0 saturated heterocycles. The Balaban J connectivity index is 2.61. The number of rotatable bonds is 6. The second-order valence-corrected chi connectivity index (χ2v) is 3.95. The minimum Gasteiger partial charge on any atom is -0.465 e. The minimum atomic E-state index is -0.359. The lowest BCUT2D eigenvalue weighted by molar-refractivity contribution is -0.117. The van der Waals surface area contributed by atoms with E-state index in [2.05, 4.69) is 4.74 Å². The molecular formula is C13H18N2O3. The monoisotopic (exact) mass is 250 g/mol. The number of benzene rings is 1. The number of carbonyl (C=O) groups excluding carboxylic acids is 2. The van der Waals surface area contributed by atoms with E-state index < -0.39 is 0 Å². The summed E-state index contributed by atoms with van der Waals surface area (Å²) in [5.74, 6) is -0.324. The summed E-state index contributed by atoms with van der Waals surface area (Å²) in [7, 11) is 3.23. The average molecular weight is 250 g/mol. The van der Waals surface area contributed by atoms with E-state index in [1.807, 2.05) is 24.1 Å². The van der Waals surface area contributed by atoms with E-state index in [0.29, 0.717) is 18.5 Å². The van der Waals surface area contributed by atoms with Crippen LogP contribution in [0.25, 0.3) is 0 Å². The van der Waals surface area contributed by atoms with E-state index in [-0.39, 0.29) is 18.3 Å². The molecule has 0 saturated carbocycles. The first kappa shape index (κ1) is 14.2. The number of anilines is 1. The highest BCUT2D eigenvalue weighted by atomic mass is 16.5. The number of nitrogens with zero attached hydrogens (tertiary/aromatic N) is 1. The van der Waals surface area contributed by atoms with Crippen LogP contribution in [0.3, 0.4) is 0 Å². The molecule has 2 N–H and O–H groups in total. The van der Waals surface area contributed by atoms with E-state index in [1.165, 1.54) is 7.11 Å². The van der Waals surface area contributed by atoms with Crippen LogP contribution in [0.4, 0.5) is 5.69 Å². The highest BCUT2D eigenvalue weighted by Crippen LogP contribution is 2.14. The topological polar surface area (TPSA) is 72.6 Å². The highest BCUT2D eigenvalue weighted by molar-refractivity contribution is 5.89. The number of esters is 1. The summed E-state index contributed by atoms with van der Waals surface area (Å²) in [5, 5.41) is 0. The zero-order valence-electron chi connectivity index (χ0n) is 10.7. The summed E-state index contributed by atoms with van der Waals surface area (Å²) in [6, 6.07) is 7.03. The molecular weight excluding hydrogens is 232 g/mol. The molecule has 98 valence electrons. The molecule has 0 heterocycles. The highest BCUT2D eigenvalue weighted by Gasteiger charge is 2.07. The Morgan fingerprint density at radius 2 is 1.89 bits per heavy atom. The molecule has 1 aromatic rings. The summed E-state index contributed by atoms with van der Waals surface area (Å²) in [6.07, 6.45) is 0.422. The van der Waals surface area contributed by atoms with Gasteiger partial charge in [0.1, 0.15) is 5.78 Å². The molecule has 5 nitrogen and oxygen atoms in total. The van der Waals surface area contributed by atoms with E-state index in [1.54, 1.807) is 12.1 Å². The molecule has 0 atom stereocenters. The fraction of sp³-hybridized carbons (Fsp3) is 0.385. The molecule has 18 heavy (non-hydrogen) atoms. The van der Waals surface area contributed by atoms with Gasteiger partial charge in [0.15, 0.2) is 0 Å². The number of carbonyl (C=O) groups is 2. The van der Waals surface area contributed by atoms with Gasteiger partial charge >= 0.3 is 5.97 Å². The Bertz CT molecular complexity index is 415. The van der Waals surface area contributed by atoms with Crippen molar-refractivity contribution in [2.24, 2.45) is 5.73 Å². The van der Waals surface area contributed by atoms with Gasteiger partial charge in [-0.05, 0) is 24.3 Å². The third-order valence-corrected chi connectivity index (χ3v) is 2.68. The Kier molecular flexibility index (Phi) is 5.32. The number of hydrogen-bond acceptors (Lipinski definition) is 5. The normalized spacial score (nSPS) is 9.94. The average Bonchev–Trinajstić information content (AvgIpc) is 2.43. The Morgan fingerprint density at radius 1 is 1.28 bits per heavy atom. The number of ether oxygens (including phenoxy) is 1. The number of ketones is 1. The fourth-order valence-corrected chi connectivity index (χ4v) is 1.49. The first-order valence-corrected chi connectivity index (χ1v) is 5.69. The van der Waals surface area contributed by atoms with E-state index >= 15 is 0 Å². The van der Waals surface area contributed by atoms with Crippen molar-refractivity contribution in [2.45, 2.75) is 6.42 Å². The zero-order valence-corrected chi connectivity index (χ0v) is 10.7. The van der Waals surface area contributed by atoms with Gasteiger partial charge in [0.05, 0.1) is 19.2 Å². The zero-order chi connectivity index (χ0) is 13.5. The van der Waals surface area contributed by atoms with Gasteiger partial charge in [-0.1, -0.05) is 0 Å². The van der Waals surface area contributed by atoms with Crippen LogP contribution in [0.1, 0.15) is 16.8 Å². The lowest BCUT2D eigenvalue weighted by Crippen LogP contribution is -2.24. The van der Waals surface area contributed by atoms with Gasteiger partial charge in [0.2, 0.25) is 0 Å². The molecule has 0 aromatic heterocycles. The third kappa shape index (κ3) is 3.85. The number of hydrogen-bond donors (Lipinski definition) is 1. The maximum absolute atomic E-state index is 11.3. The van der Waals surface area contributed by atoms with Crippen molar-refractivity contribution in [1.29, 1.82) is 0 Å². The molecule has 1 aromatic carbocycles. The predicted molar refractivity (Wildman–Crippen MR) is 69.7 cm³/mol. The maximum atomic E-state index is 11.3. The van der Waals surface area contributed by atoms with Gasteiger partial charge in [-0.2, -0.15) is 0 Å². The van der Waals surface area contributed by atoms with Crippen LogP contribution in [-0.2, 0) is 9.53 Å². The van der Waals surface area contributed by atoms with Crippen molar-refractivity contribution in [2.75, 3.05) is 32.1 Å². The quantitative estimate of drug-likeness (QED) is 0.757. The largest absolute Gasteiger partial charge is 0.465 e. The molecule has 0 bridgehead atoms. The Labute approximate surface area is 107 Å². The molecule has 0 spiro atoms. The van der Waals surface area contributed by atoms with E-state index in [4.69, 9.17) is 5.73 Å². The fourth-order valence-electron chi connectivity index (χ4n) is 1.49. The molecule has 5 heteroatoms. The first-order chi connectivity index (χ1) is 8.58. The summed E-state index contributed by atoms with van der Waals surface area (Å²) in [5.41, 5.74) is 6.69. The Morgan fingerprint density at radius 3 is 2.39 bits per heavy atom. The summed E-state index contributed by atoms with van der Waals surface area (Å²) in [4.78, 5) is 24.3. The smallest absolute Gasteiger partial charge is 0.337 e. The van der Waals surface area contributed by atoms with Crippen molar-refractivity contribution >= 4 is 17.4 Å². The van der Waals surface area contributed by atoms with Crippen LogP contribution < -0.4 is 10.6 Å². The summed E-state index contributed by atoms with van der Waals surface area (Å²) in [6.45, 7) is 0.683. The summed E-state index contributed by atoms with van der Waals surface area (Å²) >= 11 is 0. The van der Waals surface area contributed by atoms with Crippen LogP contribution >= 0.6 is 0 Å². The predicted octanol–water partition coefficient (Wildman–Crippen LogP) is 0.827. The van der Waals surface area contributed by atoms with Crippen molar-refractivity contribution in [3.05, 3.63) is 29.8 Å². The molecule has 0 aliphatic carbocycles. The SMILES string of the molecule is COC(=O)c1ccc(N(C)CCC(=O)CN)cc1. The van der Waals surface area contributed by atoms with Gasteiger partial charge in [0, 0.05) is 25.7 Å². The van der Waals surface area contributed by atoms with E-state index in [0.717, 1.165) is 5.69 Å². The number of Topliss-reactive ketones (excluding diaryl/α,β-unsaturated/α-hetero) is 1. The molecule has 0 fully saturated rings. The van der Waals surface area contributed by atoms with Crippen molar-refractivity contribution in [3.63, 3.8) is 0 Å². The van der Waals surface area contributed by atoms with Crippen LogP contribution in [0, 0.1) is 0 Å². The number of nitrogens with two attached hydrogens (primary N) is 1. The lowest BCUT2D eigenvalue weighted by atomic mass is 10.2. The van der Waals surface area contributed by atoms with Crippen molar-refractivity contribution < 1.29 is 14.3 Å². The van der Waals surface area contributed by atoms with Crippen molar-refractivity contribution in [1.82, 2.24) is 0 Å². The van der Waals surface area contributed by atoms with Gasteiger partial charge < -0.3 is 15.4 Å². The standard InChI is InChI=1S/C13H18N2O3/c1-15(8-7-12(16)9-14)11-5-3-10(4-6-11)13(17)18-2/h3-6H,7-9,14H2,1-2H3. The lowest BCUT2D eigenvalue weighted by Gasteiger charge is -2.18. The summed E-state index contributed by atoms with van der Waals surface area (Å²) < 4.78 is 4.62. The third-order valence-electron chi connectivity index (χ3n) is 2.68. The molecule has 0 amide bonds.